The number of methoxy groups -OCH3 is 1. The van der Waals surface area contributed by atoms with Gasteiger partial charge in [-0.25, -0.2) is 4.79 Å². The average molecular weight is 392 g/mol. The summed E-state index contributed by atoms with van der Waals surface area (Å²) in [6.07, 6.45) is 0. The van der Waals surface area contributed by atoms with E-state index in [2.05, 4.69) is 21.2 Å². The Balaban J connectivity index is 1.88. The second kappa shape index (κ2) is 8.26. The molecule has 0 fully saturated rings. The van der Waals surface area contributed by atoms with E-state index in [1.54, 1.807) is 36.4 Å². The zero-order chi connectivity index (χ0) is 17.5. The maximum Gasteiger partial charge on any atom is 0.338 e. The Morgan fingerprint density at radius 3 is 2.38 bits per heavy atom. The molecule has 2 aromatic rings. The topological polar surface area (TPSA) is 81.7 Å². The first-order chi connectivity index (χ1) is 11.5. The number of hydrogen-bond donors (Lipinski definition) is 1. The zero-order valence-electron chi connectivity index (χ0n) is 12.7. The molecular weight excluding hydrogens is 378 g/mol. The molecule has 6 nitrogen and oxygen atoms in total. The largest absolute Gasteiger partial charge is 0.496 e. The summed E-state index contributed by atoms with van der Waals surface area (Å²) in [4.78, 5) is 35.4. The summed E-state index contributed by atoms with van der Waals surface area (Å²) in [5.74, 6) is -1.37. The number of imide groups is 1. The molecule has 0 atom stereocenters. The van der Waals surface area contributed by atoms with Crippen LogP contribution in [0.25, 0.3) is 0 Å². The highest BCUT2D eigenvalue weighted by Gasteiger charge is 2.14. The third-order valence-electron chi connectivity index (χ3n) is 3.01. The Kier molecular flexibility index (Phi) is 6.08. The summed E-state index contributed by atoms with van der Waals surface area (Å²) in [7, 11) is 1.51. The fraction of sp³-hybridized carbons (Fsp3) is 0.118. The van der Waals surface area contributed by atoms with Crippen molar-refractivity contribution in [3.05, 3.63) is 64.1 Å². The summed E-state index contributed by atoms with van der Waals surface area (Å²) < 4.78 is 10.5. The Hall–Kier alpha value is -2.67. The van der Waals surface area contributed by atoms with Crippen LogP contribution < -0.4 is 10.1 Å². The standard InChI is InChI=1S/C17H14BrNO5/c1-23-14-8-7-12(9-13(14)18)17(22)24-10-15(20)19-16(21)11-5-3-2-4-6-11/h2-9H,10H2,1H3,(H,19,20,21). The lowest BCUT2D eigenvalue weighted by Gasteiger charge is -2.07. The molecule has 2 aromatic carbocycles. The number of carbonyl (C=O) groups is 3. The first-order valence-electron chi connectivity index (χ1n) is 6.91. The van der Waals surface area contributed by atoms with E-state index in [-0.39, 0.29) is 5.56 Å². The monoisotopic (exact) mass is 391 g/mol. The summed E-state index contributed by atoms with van der Waals surface area (Å²) >= 11 is 3.26. The molecule has 0 bridgehead atoms. The lowest BCUT2D eigenvalue weighted by atomic mass is 10.2. The summed E-state index contributed by atoms with van der Waals surface area (Å²) in [5.41, 5.74) is 0.598. The molecule has 0 saturated heterocycles. The van der Waals surface area contributed by atoms with E-state index < -0.39 is 24.4 Å². The molecular formula is C17H14BrNO5. The number of halogens is 1. The molecule has 7 heteroatoms. The van der Waals surface area contributed by atoms with Gasteiger partial charge in [-0.15, -0.1) is 0 Å². The highest BCUT2D eigenvalue weighted by molar-refractivity contribution is 9.10. The molecule has 0 aromatic heterocycles. The number of esters is 1. The van der Waals surface area contributed by atoms with Gasteiger partial charge in [0.05, 0.1) is 17.1 Å². The van der Waals surface area contributed by atoms with E-state index in [1.165, 1.54) is 19.2 Å². The summed E-state index contributed by atoms with van der Waals surface area (Å²) in [6, 6.07) is 12.9. The summed E-state index contributed by atoms with van der Waals surface area (Å²) in [5, 5.41) is 2.15. The number of carbonyl (C=O) groups excluding carboxylic acids is 3. The van der Waals surface area contributed by atoms with Crippen LogP contribution in [0.1, 0.15) is 20.7 Å². The predicted octanol–water partition coefficient (Wildman–Crippen LogP) is 2.57. The molecule has 2 rings (SSSR count). The van der Waals surface area contributed by atoms with E-state index >= 15 is 0 Å². The Labute approximate surface area is 146 Å². The minimum atomic E-state index is -0.704. The number of benzene rings is 2. The molecule has 2 amide bonds. The van der Waals surface area contributed by atoms with Gasteiger partial charge in [0.1, 0.15) is 5.75 Å². The van der Waals surface area contributed by atoms with Crippen molar-refractivity contribution in [2.45, 2.75) is 0 Å². The van der Waals surface area contributed by atoms with Gasteiger partial charge in [0, 0.05) is 5.56 Å². The lowest BCUT2D eigenvalue weighted by Crippen LogP contribution is -2.34. The van der Waals surface area contributed by atoms with Gasteiger partial charge in [-0.3, -0.25) is 14.9 Å². The minimum Gasteiger partial charge on any atom is -0.496 e. The number of rotatable bonds is 5. The third-order valence-corrected chi connectivity index (χ3v) is 3.63. The molecule has 0 saturated carbocycles. The van der Waals surface area contributed by atoms with Gasteiger partial charge in [0.25, 0.3) is 11.8 Å². The predicted molar refractivity (Wildman–Crippen MR) is 89.9 cm³/mol. The maximum absolute atomic E-state index is 11.9. The second-order valence-corrected chi connectivity index (χ2v) is 5.52. The van der Waals surface area contributed by atoms with E-state index in [9.17, 15) is 14.4 Å². The van der Waals surface area contributed by atoms with Crippen molar-refractivity contribution in [1.29, 1.82) is 0 Å². The molecule has 24 heavy (non-hydrogen) atoms. The average Bonchev–Trinajstić information content (AvgIpc) is 2.60. The van der Waals surface area contributed by atoms with E-state index in [0.717, 1.165) is 0 Å². The van der Waals surface area contributed by atoms with Gasteiger partial charge in [-0.05, 0) is 46.3 Å². The normalized spacial score (nSPS) is 9.92. The van der Waals surface area contributed by atoms with Crippen LogP contribution in [-0.4, -0.2) is 31.5 Å². The molecule has 0 heterocycles. The number of hydrogen-bond acceptors (Lipinski definition) is 5. The zero-order valence-corrected chi connectivity index (χ0v) is 14.3. The van der Waals surface area contributed by atoms with Gasteiger partial charge in [0.2, 0.25) is 0 Å². The van der Waals surface area contributed by atoms with Crippen LogP contribution in [0.3, 0.4) is 0 Å². The smallest absolute Gasteiger partial charge is 0.338 e. The number of amides is 2. The van der Waals surface area contributed by atoms with Crippen LogP contribution in [0.4, 0.5) is 0 Å². The Morgan fingerprint density at radius 1 is 1.04 bits per heavy atom. The lowest BCUT2D eigenvalue weighted by molar-refractivity contribution is -0.123. The Bertz CT molecular complexity index is 761. The van der Waals surface area contributed by atoms with Gasteiger partial charge in [-0.1, -0.05) is 18.2 Å². The van der Waals surface area contributed by atoms with Crippen molar-refractivity contribution >= 4 is 33.7 Å². The van der Waals surface area contributed by atoms with Crippen LogP contribution in [0, 0.1) is 0 Å². The molecule has 0 unspecified atom stereocenters. The van der Waals surface area contributed by atoms with Crippen molar-refractivity contribution in [2.75, 3.05) is 13.7 Å². The van der Waals surface area contributed by atoms with Crippen LogP contribution >= 0.6 is 15.9 Å². The van der Waals surface area contributed by atoms with Gasteiger partial charge < -0.3 is 9.47 Å². The van der Waals surface area contributed by atoms with Crippen molar-refractivity contribution in [3.63, 3.8) is 0 Å². The van der Waals surface area contributed by atoms with Crippen molar-refractivity contribution < 1.29 is 23.9 Å². The SMILES string of the molecule is COc1ccc(C(=O)OCC(=O)NC(=O)c2ccccc2)cc1Br. The van der Waals surface area contributed by atoms with Gasteiger partial charge in [0.15, 0.2) is 6.61 Å². The van der Waals surface area contributed by atoms with E-state index in [1.807, 2.05) is 0 Å². The van der Waals surface area contributed by atoms with Crippen LogP contribution in [-0.2, 0) is 9.53 Å². The molecule has 0 aliphatic rings. The van der Waals surface area contributed by atoms with Crippen molar-refractivity contribution in [1.82, 2.24) is 5.32 Å². The highest BCUT2D eigenvalue weighted by atomic mass is 79.9. The number of nitrogens with one attached hydrogen (secondary N) is 1. The fourth-order valence-corrected chi connectivity index (χ4v) is 2.37. The molecule has 1 N–H and O–H groups in total. The van der Waals surface area contributed by atoms with Crippen LogP contribution in [0.5, 0.6) is 5.75 Å². The fourth-order valence-electron chi connectivity index (χ4n) is 1.83. The van der Waals surface area contributed by atoms with E-state index in [4.69, 9.17) is 9.47 Å². The van der Waals surface area contributed by atoms with Gasteiger partial charge in [-0.2, -0.15) is 0 Å². The number of ether oxygens (including phenoxy) is 2. The second-order valence-electron chi connectivity index (χ2n) is 4.67. The molecule has 0 aliphatic heterocycles. The minimum absolute atomic E-state index is 0.255. The third kappa shape index (κ3) is 4.66. The van der Waals surface area contributed by atoms with E-state index in [0.29, 0.717) is 15.8 Å². The first kappa shape index (κ1) is 17.7. The molecule has 0 radical (unpaired) electrons. The quantitative estimate of drug-likeness (QED) is 0.792. The highest BCUT2D eigenvalue weighted by Crippen LogP contribution is 2.25. The van der Waals surface area contributed by atoms with Gasteiger partial charge >= 0.3 is 5.97 Å². The maximum atomic E-state index is 11.9. The molecule has 0 spiro atoms. The van der Waals surface area contributed by atoms with Crippen molar-refractivity contribution in [2.24, 2.45) is 0 Å². The molecule has 124 valence electrons. The van der Waals surface area contributed by atoms with Crippen LogP contribution in [0.2, 0.25) is 0 Å². The van der Waals surface area contributed by atoms with Crippen LogP contribution in [0.15, 0.2) is 53.0 Å². The summed E-state index contributed by atoms with van der Waals surface area (Å²) in [6.45, 7) is -0.555. The Morgan fingerprint density at radius 2 is 1.75 bits per heavy atom. The first-order valence-corrected chi connectivity index (χ1v) is 7.70. The van der Waals surface area contributed by atoms with Crippen molar-refractivity contribution in [3.8, 4) is 5.75 Å². The molecule has 0 aliphatic carbocycles.